The number of benzene rings is 1. The van der Waals surface area contributed by atoms with E-state index in [0.29, 0.717) is 23.9 Å². The molecule has 2 aliphatic rings. The van der Waals surface area contributed by atoms with Crippen molar-refractivity contribution in [3.63, 3.8) is 0 Å². The molecular weight excluding hydrogens is 414 g/mol. The number of hydrogen-bond acceptors (Lipinski definition) is 5. The van der Waals surface area contributed by atoms with Crippen molar-refractivity contribution in [3.8, 4) is 5.75 Å². The molecule has 1 saturated heterocycles. The lowest BCUT2D eigenvalue weighted by Crippen LogP contribution is -2.52. The third kappa shape index (κ3) is 3.94. The Morgan fingerprint density at radius 3 is 2.77 bits per heavy atom. The first-order chi connectivity index (χ1) is 15.1. The number of fused-ring (bicyclic) bond motifs is 3. The third-order valence-corrected chi connectivity index (χ3v) is 6.38. The standard InChI is InChI=1S/C23H26ClN5O2/c1-16(31-18-6-4-5-17(24)15-18)23(30)28-13-11-27(12-14-28)22-21-19-7-2-3-8-20(19)26-29(21)10-9-25-22/h4-6,9-10,15-16H,2-3,7-8,11-14H2,1H3. The minimum Gasteiger partial charge on any atom is -0.481 e. The van der Waals surface area contributed by atoms with E-state index in [2.05, 4.69) is 4.90 Å². The predicted octanol–water partition coefficient (Wildman–Crippen LogP) is 3.38. The molecule has 162 valence electrons. The first-order valence-corrected chi connectivity index (χ1v) is 11.3. The average Bonchev–Trinajstić information content (AvgIpc) is 3.17. The zero-order valence-electron chi connectivity index (χ0n) is 17.6. The monoisotopic (exact) mass is 439 g/mol. The number of halogens is 1. The van der Waals surface area contributed by atoms with Crippen LogP contribution in [-0.4, -0.2) is 57.7 Å². The van der Waals surface area contributed by atoms with Crippen molar-refractivity contribution in [2.75, 3.05) is 31.1 Å². The number of aromatic nitrogens is 3. The minimum absolute atomic E-state index is 0.00692. The van der Waals surface area contributed by atoms with E-state index in [0.717, 1.165) is 37.3 Å². The highest BCUT2D eigenvalue weighted by atomic mass is 35.5. The number of hydrogen-bond donors (Lipinski definition) is 0. The number of ether oxygens (including phenoxy) is 1. The number of anilines is 1. The lowest BCUT2D eigenvalue weighted by molar-refractivity contribution is -0.138. The molecule has 1 amide bonds. The number of carbonyl (C=O) groups is 1. The highest BCUT2D eigenvalue weighted by molar-refractivity contribution is 6.30. The first kappa shape index (κ1) is 20.1. The van der Waals surface area contributed by atoms with Crippen LogP contribution in [-0.2, 0) is 17.6 Å². The highest BCUT2D eigenvalue weighted by Crippen LogP contribution is 2.30. The third-order valence-electron chi connectivity index (χ3n) is 6.15. The summed E-state index contributed by atoms with van der Waals surface area (Å²) in [5.74, 6) is 1.58. The zero-order chi connectivity index (χ0) is 21.4. The summed E-state index contributed by atoms with van der Waals surface area (Å²) < 4.78 is 7.80. The maximum absolute atomic E-state index is 12.9. The van der Waals surface area contributed by atoms with Crippen LogP contribution in [0, 0.1) is 0 Å². The summed E-state index contributed by atoms with van der Waals surface area (Å²) >= 11 is 6.02. The van der Waals surface area contributed by atoms with Gasteiger partial charge < -0.3 is 14.5 Å². The summed E-state index contributed by atoms with van der Waals surface area (Å²) in [6.45, 7) is 4.54. The zero-order valence-corrected chi connectivity index (χ0v) is 18.4. The van der Waals surface area contributed by atoms with E-state index in [-0.39, 0.29) is 5.91 Å². The highest BCUT2D eigenvalue weighted by Gasteiger charge is 2.29. The molecule has 0 bridgehead atoms. The molecule has 7 nitrogen and oxygen atoms in total. The van der Waals surface area contributed by atoms with Gasteiger partial charge in [-0.1, -0.05) is 17.7 Å². The SMILES string of the molecule is CC(Oc1cccc(Cl)c1)C(=O)N1CCN(c2nccn3nc4c(c23)CCCC4)CC1. The number of amides is 1. The van der Waals surface area contributed by atoms with Crippen LogP contribution in [0.4, 0.5) is 5.82 Å². The molecule has 1 unspecified atom stereocenters. The van der Waals surface area contributed by atoms with Gasteiger partial charge >= 0.3 is 0 Å². The molecule has 0 spiro atoms. The number of aryl methyl sites for hydroxylation is 2. The van der Waals surface area contributed by atoms with Crippen molar-refractivity contribution in [2.24, 2.45) is 0 Å². The van der Waals surface area contributed by atoms with Crippen LogP contribution >= 0.6 is 11.6 Å². The Bertz CT molecular complexity index is 1110. The molecule has 2 aromatic heterocycles. The molecule has 1 aliphatic carbocycles. The van der Waals surface area contributed by atoms with Crippen molar-refractivity contribution >= 4 is 28.8 Å². The van der Waals surface area contributed by atoms with E-state index in [1.165, 1.54) is 24.1 Å². The second-order valence-corrected chi connectivity index (χ2v) is 8.64. The number of nitrogens with zero attached hydrogens (tertiary/aromatic N) is 5. The number of carbonyl (C=O) groups excluding carboxylic acids is 1. The van der Waals surface area contributed by atoms with Crippen LogP contribution in [0.2, 0.25) is 5.02 Å². The fourth-order valence-corrected chi connectivity index (χ4v) is 4.75. The molecule has 1 aliphatic heterocycles. The smallest absolute Gasteiger partial charge is 0.263 e. The van der Waals surface area contributed by atoms with E-state index < -0.39 is 6.10 Å². The average molecular weight is 440 g/mol. The summed E-state index contributed by atoms with van der Waals surface area (Å²) in [6, 6.07) is 7.14. The molecule has 31 heavy (non-hydrogen) atoms. The van der Waals surface area contributed by atoms with Crippen molar-refractivity contribution in [3.05, 3.63) is 52.9 Å². The van der Waals surface area contributed by atoms with Gasteiger partial charge in [0, 0.05) is 49.2 Å². The molecule has 3 aromatic rings. The van der Waals surface area contributed by atoms with Crippen LogP contribution in [0.1, 0.15) is 31.0 Å². The Hall–Kier alpha value is -2.80. The normalized spacial score (nSPS) is 17.5. The van der Waals surface area contributed by atoms with Gasteiger partial charge in [-0.2, -0.15) is 5.10 Å². The Morgan fingerprint density at radius 1 is 1.16 bits per heavy atom. The lowest BCUT2D eigenvalue weighted by atomic mass is 9.97. The second-order valence-electron chi connectivity index (χ2n) is 8.21. The Labute approximate surface area is 186 Å². The van der Waals surface area contributed by atoms with E-state index in [1.807, 2.05) is 33.9 Å². The molecule has 0 saturated carbocycles. The minimum atomic E-state index is -0.562. The van der Waals surface area contributed by atoms with Crippen LogP contribution < -0.4 is 9.64 Å². The lowest BCUT2D eigenvalue weighted by Gasteiger charge is -2.36. The molecular formula is C23H26ClN5O2. The fraction of sp³-hybridized carbons (Fsp3) is 0.435. The molecule has 1 fully saturated rings. The van der Waals surface area contributed by atoms with Crippen LogP contribution in [0.3, 0.4) is 0 Å². The van der Waals surface area contributed by atoms with E-state index >= 15 is 0 Å². The predicted molar refractivity (Wildman–Crippen MR) is 120 cm³/mol. The van der Waals surface area contributed by atoms with Gasteiger partial charge in [0.25, 0.3) is 5.91 Å². The summed E-state index contributed by atoms with van der Waals surface area (Å²) in [6.07, 6.45) is 7.71. The molecule has 1 aromatic carbocycles. The summed E-state index contributed by atoms with van der Waals surface area (Å²) in [7, 11) is 0. The number of rotatable bonds is 4. The van der Waals surface area contributed by atoms with Crippen molar-refractivity contribution in [1.29, 1.82) is 0 Å². The fourth-order valence-electron chi connectivity index (χ4n) is 4.57. The maximum atomic E-state index is 12.9. The summed E-state index contributed by atoms with van der Waals surface area (Å²) in [5.41, 5.74) is 3.69. The Balaban J connectivity index is 1.27. The summed E-state index contributed by atoms with van der Waals surface area (Å²) in [4.78, 5) is 21.8. The second kappa shape index (κ2) is 8.38. The number of piperazine rings is 1. The van der Waals surface area contributed by atoms with Crippen LogP contribution in [0.25, 0.3) is 5.52 Å². The van der Waals surface area contributed by atoms with Gasteiger partial charge in [0.2, 0.25) is 0 Å². The Morgan fingerprint density at radius 2 is 1.97 bits per heavy atom. The van der Waals surface area contributed by atoms with Gasteiger partial charge in [-0.05, 0) is 50.8 Å². The quantitative estimate of drug-likeness (QED) is 0.623. The van der Waals surface area contributed by atoms with Gasteiger partial charge in [-0.3, -0.25) is 4.79 Å². The van der Waals surface area contributed by atoms with Crippen LogP contribution in [0.5, 0.6) is 5.75 Å². The Kier molecular flexibility index (Phi) is 5.44. The van der Waals surface area contributed by atoms with Gasteiger partial charge in [0.05, 0.1) is 5.69 Å². The molecule has 0 N–H and O–H groups in total. The van der Waals surface area contributed by atoms with Gasteiger partial charge in [0.1, 0.15) is 11.3 Å². The van der Waals surface area contributed by atoms with Crippen LogP contribution in [0.15, 0.2) is 36.7 Å². The molecule has 0 radical (unpaired) electrons. The van der Waals surface area contributed by atoms with E-state index in [4.69, 9.17) is 26.4 Å². The van der Waals surface area contributed by atoms with Crippen molar-refractivity contribution < 1.29 is 9.53 Å². The summed E-state index contributed by atoms with van der Waals surface area (Å²) in [5, 5.41) is 5.37. The molecule has 1 atom stereocenters. The van der Waals surface area contributed by atoms with Gasteiger partial charge in [-0.15, -0.1) is 0 Å². The van der Waals surface area contributed by atoms with E-state index in [1.54, 1.807) is 19.1 Å². The van der Waals surface area contributed by atoms with E-state index in [9.17, 15) is 4.79 Å². The van der Waals surface area contributed by atoms with Crippen molar-refractivity contribution in [1.82, 2.24) is 19.5 Å². The topological polar surface area (TPSA) is 63.0 Å². The largest absolute Gasteiger partial charge is 0.481 e. The van der Waals surface area contributed by atoms with Gasteiger partial charge in [0.15, 0.2) is 11.9 Å². The molecule has 3 heterocycles. The first-order valence-electron chi connectivity index (χ1n) is 10.9. The van der Waals surface area contributed by atoms with Crippen molar-refractivity contribution in [2.45, 2.75) is 38.7 Å². The molecule has 5 rings (SSSR count). The maximum Gasteiger partial charge on any atom is 0.263 e. The molecule has 8 heteroatoms. The van der Waals surface area contributed by atoms with Gasteiger partial charge in [-0.25, -0.2) is 9.50 Å².